The number of alkyl halides is 3. The van der Waals surface area contributed by atoms with Gasteiger partial charge in [0.2, 0.25) is 0 Å². The summed E-state index contributed by atoms with van der Waals surface area (Å²) in [6.07, 6.45) is 1.01. The maximum atomic E-state index is 13.7. The third kappa shape index (κ3) is 4.07. The number of halogens is 5. The molecule has 1 saturated heterocycles. The van der Waals surface area contributed by atoms with E-state index in [1.165, 1.54) is 0 Å². The van der Waals surface area contributed by atoms with Crippen LogP contribution >= 0.6 is 22.6 Å². The SMILES string of the molecule is CCCC1COC(c2cc(F)c(C(F)(F)I)c(F)c2)OC1. The van der Waals surface area contributed by atoms with Gasteiger partial charge in [0, 0.05) is 34.1 Å². The number of hydrogen-bond acceptors (Lipinski definition) is 2. The van der Waals surface area contributed by atoms with Crippen molar-refractivity contribution in [3.63, 3.8) is 0 Å². The first-order valence-corrected chi connectivity index (χ1v) is 7.70. The van der Waals surface area contributed by atoms with Crippen LogP contribution in [0, 0.1) is 17.6 Å². The highest BCUT2D eigenvalue weighted by molar-refractivity contribution is 14.1. The third-order valence-electron chi connectivity index (χ3n) is 3.28. The summed E-state index contributed by atoms with van der Waals surface area (Å²) >= 11 is 0.696. The molecule has 0 amide bonds. The Balaban J connectivity index is 2.16. The molecule has 0 N–H and O–H groups in total. The van der Waals surface area contributed by atoms with E-state index in [1.54, 1.807) is 0 Å². The molecule has 0 radical (unpaired) electrons. The molecule has 1 aromatic rings. The Morgan fingerprint density at radius 1 is 1.19 bits per heavy atom. The van der Waals surface area contributed by atoms with Gasteiger partial charge in [0.1, 0.15) is 17.2 Å². The van der Waals surface area contributed by atoms with Crippen LogP contribution in [-0.2, 0) is 13.4 Å². The zero-order valence-corrected chi connectivity index (χ0v) is 13.5. The molecule has 0 bridgehead atoms. The highest BCUT2D eigenvalue weighted by Gasteiger charge is 2.35. The van der Waals surface area contributed by atoms with Gasteiger partial charge in [0.25, 0.3) is 0 Å². The molecule has 1 aliphatic heterocycles. The second-order valence-corrected chi connectivity index (χ2v) is 6.37. The molecule has 0 atom stereocenters. The van der Waals surface area contributed by atoms with E-state index in [0.717, 1.165) is 25.0 Å². The summed E-state index contributed by atoms with van der Waals surface area (Å²) in [7, 11) is 0. The molecule has 1 aromatic carbocycles. The monoisotopic (exact) mass is 418 g/mol. The number of benzene rings is 1. The minimum absolute atomic E-state index is 0.0735. The van der Waals surface area contributed by atoms with Gasteiger partial charge >= 0.3 is 3.93 Å². The molecule has 0 unspecified atom stereocenters. The van der Waals surface area contributed by atoms with E-state index in [-0.39, 0.29) is 11.5 Å². The molecule has 2 rings (SSSR count). The Morgan fingerprint density at radius 3 is 2.14 bits per heavy atom. The van der Waals surface area contributed by atoms with Crippen molar-refractivity contribution in [2.45, 2.75) is 30.0 Å². The molecule has 0 aliphatic carbocycles. The fraction of sp³-hybridized carbons (Fsp3) is 0.571. The number of hydrogen-bond donors (Lipinski definition) is 0. The van der Waals surface area contributed by atoms with Crippen LogP contribution in [0.1, 0.15) is 37.2 Å². The van der Waals surface area contributed by atoms with E-state index in [4.69, 9.17) is 9.47 Å². The molecule has 1 heterocycles. The summed E-state index contributed by atoms with van der Waals surface area (Å²) in [5.41, 5.74) is -1.17. The van der Waals surface area contributed by atoms with Crippen molar-refractivity contribution in [2.24, 2.45) is 5.92 Å². The predicted molar refractivity (Wildman–Crippen MR) is 77.3 cm³/mol. The predicted octanol–water partition coefficient (Wildman–Crippen LogP) is 4.91. The molecule has 0 spiro atoms. The summed E-state index contributed by atoms with van der Waals surface area (Å²) in [6, 6.07) is 1.69. The van der Waals surface area contributed by atoms with Crippen LogP contribution in [0.3, 0.4) is 0 Å². The molecule has 1 aliphatic rings. The van der Waals surface area contributed by atoms with Gasteiger partial charge in [-0.2, -0.15) is 8.78 Å². The quantitative estimate of drug-likeness (QED) is 0.393. The largest absolute Gasteiger partial charge is 0.348 e. The van der Waals surface area contributed by atoms with Gasteiger partial charge in [0.05, 0.1) is 13.2 Å². The molecule has 0 aromatic heterocycles. The molecule has 1 fully saturated rings. The van der Waals surface area contributed by atoms with Crippen molar-refractivity contribution in [1.29, 1.82) is 0 Å². The van der Waals surface area contributed by atoms with Crippen LogP contribution in [0.25, 0.3) is 0 Å². The summed E-state index contributed by atoms with van der Waals surface area (Å²) in [5, 5.41) is 0. The lowest BCUT2D eigenvalue weighted by atomic mass is 10.0. The fourth-order valence-corrected chi connectivity index (χ4v) is 2.83. The van der Waals surface area contributed by atoms with Crippen molar-refractivity contribution >= 4 is 22.6 Å². The van der Waals surface area contributed by atoms with Crippen LogP contribution in [0.2, 0.25) is 0 Å². The highest BCUT2D eigenvalue weighted by atomic mass is 127. The molecule has 7 heteroatoms. The molecule has 21 heavy (non-hydrogen) atoms. The average molecular weight is 418 g/mol. The van der Waals surface area contributed by atoms with Crippen LogP contribution < -0.4 is 0 Å². The summed E-state index contributed by atoms with van der Waals surface area (Å²) in [5.74, 6) is -2.35. The minimum atomic E-state index is -3.61. The van der Waals surface area contributed by atoms with Gasteiger partial charge in [-0.05, 0) is 18.6 Å². The Labute approximate surface area is 133 Å². The fourth-order valence-electron chi connectivity index (χ4n) is 2.31. The van der Waals surface area contributed by atoms with Gasteiger partial charge < -0.3 is 9.47 Å². The van der Waals surface area contributed by atoms with Gasteiger partial charge in [-0.1, -0.05) is 13.3 Å². The lowest BCUT2D eigenvalue weighted by Gasteiger charge is -2.29. The standard InChI is InChI=1S/C14H15F4IO2/c1-2-3-8-6-20-13(21-7-8)9-4-10(15)12(11(16)5-9)14(17,18)19/h4-5,8,13H,2-3,6-7H2,1H3. The van der Waals surface area contributed by atoms with E-state index >= 15 is 0 Å². The summed E-state index contributed by atoms with van der Waals surface area (Å²) < 4.78 is 60.9. The van der Waals surface area contributed by atoms with Crippen LogP contribution in [0.15, 0.2) is 12.1 Å². The third-order valence-corrected chi connectivity index (χ3v) is 3.82. The average Bonchev–Trinajstić information content (AvgIpc) is 2.37. The molecule has 118 valence electrons. The molecular formula is C14H15F4IO2. The Morgan fingerprint density at radius 2 is 1.71 bits per heavy atom. The first-order valence-electron chi connectivity index (χ1n) is 6.62. The number of ether oxygens (including phenoxy) is 2. The van der Waals surface area contributed by atoms with Crippen molar-refractivity contribution in [3.05, 3.63) is 34.9 Å². The van der Waals surface area contributed by atoms with Gasteiger partial charge in [-0.15, -0.1) is 0 Å². The minimum Gasteiger partial charge on any atom is -0.348 e. The Hall–Kier alpha value is -0.410. The van der Waals surface area contributed by atoms with E-state index in [2.05, 4.69) is 0 Å². The highest BCUT2D eigenvalue weighted by Crippen LogP contribution is 2.40. The van der Waals surface area contributed by atoms with E-state index in [1.807, 2.05) is 6.92 Å². The zero-order valence-electron chi connectivity index (χ0n) is 11.3. The van der Waals surface area contributed by atoms with Gasteiger partial charge in [-0.3, -0.25) is 0 Å². The Kier molecular flexibility index (Phi) is 5.48. The number of rotatable bonds is 4. The van der Waals surface area contributed by atoms with Crippen molar-refractivity contribution < 1.29 is 27.0 Å². The maximum absolute atomic E-state index is 13.7. The lowest BCUT2D eigenvalue weighted by molar-refractivity contribution is -0.206. The van der Waals surface area contributed by atoms with Crippen molar-refractivity contribution in [1.82, 2.24) is 0 Å². The Bertz CT molecular complexity index is 473. The lowest BCUT2D eigenvalue weighted by Crippen LogP contribution is -2.27. The van der Waals surface area contributed by atoms with E-state index in [0.29, 0.717) is 35.8 Å². The first kappa shape index (κ1) is 17.0. The van der Waals surface area contributed by atoms with Crippen molar-refractivity contribution in [2.75, 3.05) is 13.2 Å². The van der Waals surface area contributed by atoms with Crippen molar-refractivity contribution in [3.8, 4) is 0 Å². The normalized spacial score (nSPS) is 23.3. The second kappa shape index (κ2) is 6.78. The first-order chi connectivity index (χ1) is 9.82. The molecule has 0 saturated carbocycles. The maximum Gasteiger partial charge on any atom is 0.327 e. The summed E-state index contributed by atoms with van der Waals surface area (Å²) in [6.45, 7) is 2.89. The molecular weight excluding hydrogens is 403 g/mol. The van der Waals surface area contributed by atoms with Crippen LogP contribution in [0.5, 0.6) is 0 Å². The van der Waals surface area contributed by atoms with Crippen LogP contribution in [0.4, 0.5) is 17.6 Å². The topological polar surface area (TPSA) is 18.5 Å². The van der Waals surface area contributed by atoms with Crippen LogP contribution in [-0.4, -0.2) is 13.2 Å². The molecule has 2 nitrogen and oxygen atoms in total. The van der Waals surface area contributed by atoms with Gasteiger partial charge in [0.15, 0.2) is 6.29 Å². The van der Waals surface area contributed by atoms with E-state index < -0.39 is 27.4 Å². The smallest absolute Gasteiger partial charge is 0.327 e. The summed E-state index contributed by atoms with van der Waals surface area (Å²) in [4.78, 5) is 0. The second-order valence-electron chi connectivity index (χ2n) is 5.01. The van der Waals surface area contributed by atoms with Gasteiger partial charge in [-0.25, -0.2) is 8.78 Å². The zero-order chi connectivity index (χ0) is 15.6. The van der Waals surface area contributed by atoms with E-state index in [9.17, 15) is 17.6 Å².